The number of hydrogen-bond donors (Lipinski definition) is 3. The molecule has 0 radical (unpaired) electrons. The molecule has 14 heavy (non-hydrogen) atoms. The molecule has 3 heteroatoms. The summed E-state index contributed by atoms with van der Waals surface area (Å²) < 4.78 is 0. The van der Waals surface area contributed by atoms with Gasteiger partial charge in [0.05, 0.1) is 0 Å². The molecule has 0 spiro atoms. The molecule has 0 unspecified atom stereocenters. The van der Waals surface area contributed by atoms with Gasteiger partial charge < -0.3 is 16.6 Å². The van der Waals surface area contributed by atoms with E-state index in [4.69, 9.17) is 11.5 Å². The van der Waals surface area contributed by atoms with Gasteiger partial charge in [-0.3, -0.25) is 0 Å². The lowest BCUT2D eigenvalue weighted by molar-refractivity contribution is 0.453. The van der Waals surface area contributed by atoms with Gasteiger partial charge in [-0.25, -0.2) is 0 Å². The Morgan fingerprint density at radius 1 is 1.43 bits per heavy atom. The topological polar surface area (TPSA) is 72.3 Å². The zero-order valence-electron chi connectivity index (χ0n) is 8.53. The van der Waals surface area contributed by atoms with Crippen LogP contribution in [0.2, 0.25) is 0 Å². The van der Waals surface area contributed by atoms with Crippen LogP contribution in [0.15, 0.2) is 18.2 Å². The van der Waals surface area contributed by atoms with Crippen LogP contribution in [-0.2, 0) is 6.42 Å². The molecule has 0 saturated carbocycles. The minimum absolute atomic E-state index is 0.161. The van der Waals surface area contributed by atoms with Crippen molar-refractivity contribution < 1.29 is 5.11 Å². The lowest BCUT2D eigenvalue weighted by Crippen LogP contribution is -2.15. The van der Waals surface area contributed by atoms with Gasteiger partial charge >= 0.3 is 0 Å². The smallest absolute Gasteiger partial charge is 0.123 e. The number of hydrogen-bond acceptors (Lipinski definition) is 3. The van der Waals surface area contributed by atoms with Crippen LogP contribution in [0, 0.1) is 0 Å². The number of nitrogens with two attached hydrogens (primary N) is 2. The SMILES string of the molecule is CCc1cccc([C@@H](N)CCN)c1O. The Bertz CT molecular complexity index is 299. The minimum atomic E-state index is -0.161. The van der Waals surface area contributed by atoms with Crippen LogP contribution in [0.1, 0.15) is 30.5 Å². The predicted molar refractivity (Wildman–Crippen MR) is 58.1 cm³/mol. The van der Waals surface area contributed by atoms with E-state index in [1.54, 1.807) is 0 Å². The average molecular weight is 194 g/mol. The van der Waals surface area contributed by atoms with E-state index >= 15 is 0 Å². The maximum Gasteiger partial charge on any atom is 0.123 e. The van der Waals surface area contributed by atoms with E-state index in [9.17, 15) is 5.11 Å². The van der Waals surface area contributed by atoms with Crippen molar-refractivity contribution >= 4 is 0 Å². The van der Waals surface area contributed by atoms with Gasteiger partial charge in [0.1, 0.15) is 5.75 Å². The van der Waals surface area contributed by atoms with Crippen molar-refractivity contribution in [1.82, 2.24) is 0 Å². The molecule has 1 atom stereocenters. The van der Waals surface area contributed by atoms with Crippen molar-refractivity contribution in [2.45, 2.75) is 25.8 Å². The van der Waals surface area contributed by atoms with E-state index in [1.807, 2.05) is 25.1 Å². The molecule has 1 rings (SSSR count). The Morgan fingerprint density at radius 3 is 2.71 bits per heavy atom. The molecular formula is C11H18N2O. The quantitative estimate of drug-likeness (QED) is 0.676. The fourth-order valence-corrected chi connectivity index (χ4v) is 1.53. The molecule has 0 aromatic heterocycles. The summed E-state index contributed by atoms with van der Waals surface area (Å²) in [6.45, 7) is 2.55. The van der Waals surface area contributed by atoms with E-state index < -0.39 is 0 Å². The Morgan fingerprint density at radius 2 is 2.14 bits per heavy atom. The molecule has 0 aliphatic carbocycles. The highest BCUT2D eigenvalue weighted by molar-refractivity contribution is 5.42. The number of phenolic OH excluding ortho intramolecular Hbond substituents is 1. The number of para-hydroxylation sites is 1. The van der Waals surface area contributed by atoms with Crippen LogP contribution in [0.4, 0.5) is 0 Å². The summed E-state index contributed by atoms with van der Waals surface area (Å²) >= 11 is 0. The van der Waals surface area contributed by atoms with Gasteiger partial charge in [-0.1, -0.05) is 25.1 Å². The Kier molecular flexibility index (Phi) is 3.92. The number of phenols is 1. The fourth-order valence-electron chi connectivity index (χ4n) is 1.53. The minimum Gasteiger partial charge on any atom is -0.507 e. The summed E-state index contributed by atoms with van der Waals surface area (Å²) in [5.74, 6) is 0.330. The van der Waals surface area contributed by atoms with Crippen molar-refractivity contribution in [2.24, 2.45) is 11.5 Å². The second-order valence-corrected chi connectivity index (χ2v) is 3.39. The zero-order chi connectivity index (χ0) is 10.6. The molecule has 0 amide bonds. The molecule has 1 aromatic carbocycles. The first-order chi connectivity index (χ1) is 6.70. The van der Waals surface area contributed by atoms with Crippen LogP contribution in [0.5, 0.6) is 5.75 Å². The summed E-state index contributed by atoms with van der Waals surface area (Å²) in [5.41, 5.74) is 13.1. The highest BCUT2D eigenvalue weighted by Gasteiger charge is 2.11. The third-order valence-corrected chi connectivity index (χ3v) is 2.41. The molecule has 5 N–H and O–H groups in total. The van der Waals surface area contributed by atoms with E-state index in [-0.39, 0.29) is 6.04 Å². The normalized spacial score (nSPS) is 12.8. The van der Waals surface area contributed by atoms with Gasteiger partial charge in [0.15, 0.2) is 0 Å². The van der Waals surface area contributed by atoms with Gasteiger partial charge in [0.25, 0.3) is 0 Å². The number of rotatable bonds is 4. The largest absolute Gasteiger partial charge is 0.507 e. The maximum atomic E-state index is 9.87. The predicted octanol–water partition coefficient (Wildman–Crippen LogP) is 1.30. The molecule has 0 aliphatic heterocycles. The number of aromatic hydroxyl groups is 1. The van der Waals surface area contributed by atoms with Crippen molar-refractivity contribution in [1.29, 1.82) is 0 Å². The standard InChI is InChI=1S/C11H18N2O/c1-2-8-4-3-5-9(11(8)14)10(13)6-7-12/h3-5,10,14H,2,6-7,12-13H2,1H3/t10-/m0/s1. The van der Waals surface area contributed by atoms with Crippen LogP contribution in [0.25, 0.3) is 0 Å². The van der Waals surface area contributed by atoms with Crippen molar-refractivity contribution in [3.05, 3.63) is 29.3 Å². The summed E-state index contributed by atoms with van der Waals surface area (Å²) in [7, 11) is 0. The number of aryl methyl sites for hydroxylation is 1. The van der Waals surface area contributed by atoms with Gasteiger partial charge in [-0.05, 0) is 24.9 Å². The summed E-state index contributed by atoms with van der Waals surface area (Å²) in [5, 5.41) is 9.87. The number of benzene rings is 1. The summed E-state index contributed by atoms with van der Waals surface area (Å²) in [6, 6.07) is 5.53. The molecule has 3 nitrogen and oxygen atoms in total. The molecule has 78 valence electrons. The Balaban J connectivity index is 2.96. The van der Waals surface area contributed by atoms with Crippen molar-refractivity contribution in [3.8, 4) is 5.75 Å². The van der Waals surface area contributed by atoms with Crippen molar-refractivity contribution in [3.63, 3.8) is 0 Å². The molecule has 1 aromatic rings. The highest BCUT2D eigenvalue weighted by atomic mass is 16.3. The first-order valence-corrected chi connectivity index (χ1v) is 4.97. The molecule has 0 fully saturated rings. The lowest BCUT2D eigenvalue weighted by Gasteiger charge is -2.14. The van der Waals surface area contributed by atoms with Gasteiger partial charge in [-0.15, -0.1) is 0 Å². The van der Waals surface area contributed by atoms with Crippen LogP contribution < -0.4 is 11.5 Å². The molecule has 0 bridgehead atoms. The summed E-state index contributed by atoms with van der Waals surface area (Å²) in [4.78, 5) is 0. The van der Waals surface area contributed by atoms with E-state index in [0.717, 1.165) is 17.5 Å². The first kappa shape index (κ1) is 11.0. The summed E-state index contributed by atoms with van der Waals surface area (Å²) in [6.07, 6.45) is 1.51. The lowest BCUT2D eigenvalue weighted by atomic mass is 9.99. The monoisotopic (exact) mass is 194 g/mol. The third kappa shape index (κ3) is 2.25. The first-order valence-electron chi connectivity index (χ1n) is 4.97. The molecule has 0 saturated heterocycles. The highest BCUT2D eigenvalue weighted by Crippen LogP contribution is 2.28. The molecule has 0 heterocycles. The van der Waals surface area contributed by atoms with E-state index in [2.05, 4.69) is 0 Å². The zero-order valence-corrected chi connectivity index (χ0v) is 8.53. The molecule has 0 aliphatic rings. The van der Waals surface area contributed by atoms with E-state index in [0.29, 0.717) is 18.7 Å². The van der Waals surface area contributed by atoms with Crippen LogP contribution in [-0.4, -0.2) is 11.7 Å². The third-order valence-electron chi connectivity index (χ3n) is 2.41. The second-order valence-electron chi connectivity index (χ2n) is 3.39. The van der Waals surface area contributed by atoms with Crippen LogP contribution >= 0.6 is 0 Å². The molecular weight excluding hydrogens is 176 g/mol. The Labute approximate surface area is 84.7 Å². The maximum absolute atomic E-state index is 9.87. The average Bonchev–Trinajstić information content (AvgIpc) is 2.18. The van der Waals surface area contributed by atoms with Gasteiger partial charge in [0, 0.05) is 11.6 Å². The van der Waals surface area contributed by atoms with Crippen molar-refractivity contribution in [2.75, 3.05) is 6.54 Å². The second kappa shape index (κ2) is 4.98. The van der Waals surface area contributed by atoms with Gasteiger partial charge in [0.2, 0.25) is 0 Å². The fraction of sp³-hybridized carbons (Fsp3) is 0.455. The Hall–Kier alpha value is -1.06. The van der Waals surface area contributed by atoms with E-state index in [1.165, 1.54) is 0 Å². The van der Waals surface area contributed by atoms with Gasteiger partial charge in [-0.2, -0.15) is 0 Å². The van der Waals surface area contributed by atoms with Crippen LogP contribution in [0.3, 0.4) is 0 Å².